The predicted octanol–water partition coefficient (Wildman–Crippen LogP) is 5.74. The van der Waals surface area contributed by atoms with Crippen LogP contribution in [-0.2, 0) is 0 Å². The third kappa shape index (κ3) is 5.61. The van der Waals surface area contributed by atoms with E-state index in [0.717, 1.165) is 40.7 Å². The Bertz CT molecular complexity index is 654. The Kier molecular flexibility index (Phi) is 8.41. The van der Waals surface area contributed by atoms with E-state index in [0.29, 0.717) is 17.9 Å². The van der Waals surface area contributed by atoms with Crippen LogP contribution in [0.1, 0.15) is 45.2 Å². The minimum Gasteiger partial charge on any atom is -0.347 e. The van der Waals surface area contributed by atoms with Gasteiger partial charge in [-0.15, -0.1) is 12.4 Å². The molecule has 0 saturated carbocycles. The van der Waals surface area contributed by atoms with E-state index in [2.05, 4.69) is 32.6 Å². The van der Waals surface area contributed by atoms with Crippen LogP contribution in [0.5, 0.6) is 0 Å². The van der Waals surface area contributed by atoms with Gasteiger partial charge in [-0.1, -0.05) is 39.5 Å². The van der Waals surface area contributed by atoms with Crippen molar-refractivity contribution in [2.45, 2.75) is 54.0 Å². The molecule has 26 heavy (non-hydrogen) atoms. The van der Waals surface area contributed by atoms with Gasteiger partial charge in [0.2, 0.25) is 0 Å². The molecule has 5 nitrogen and oxygen atoms in total. The molecule has 1 heterocycles. The maximum Gasteiger partial charge on any atom is 0.270 e. The third-order valence-electron chi connectivity index (χ3n) is 4.29. The summed E-state index contributed by atoms with van der Waals surface area (Å²) in [7, 11) is 0. The van der Waals surface area contributed by atoms with Crippen molar-refractivity contribution in [1.82, 2.24) is 4.90 Å². The molecule has 0 radical (unpaired) electrons. The molecule has 0 amide bonds. The summed E-state index contributed by atoms with van der Waals surface area (Å²) in [6.07, 6.45) is 1.16. The largest absolute Gasteiger partial charge is 0.347 e. The summed E-state index contributed by atoms with van der Waals surface area (Å²) >= 11 is 1.81. The third-order valence-corrected chi connectivity index (χ3v) is 5.43. The van der Waals surface area contributed by atoms with Gasteiger partial charge in [0.1, 0.15) is 0 Å². The molecular formula is C19H30ClN3O2S. The molecule has 1 saturated heterocycles. The molecule has 1 atom stereocenters. The van der Waals surface area contributed by atoms with Crippen molar-refractivity contribution in [2.24, 2.45) is 16.8 Å². The van der Waals surface area contributed by atoms with Gasteiger partial charge in [-0.05, 0) is 43.2 Å². The summed E-state index contributed by atoms with van der Waals surface area (Å²) < 4.78 is 0. The van der Waals surface area contributed by atoms with Crippen LogP contribution < -0.4 is 0 Å². The average molecular weight is 400 g/mol. The number of thioether (sulfide) groups is 1. The minimum absolute atomic E-state index is 0. The van der Waals surface area contributed by atoms with Crippen LogP contribution in [0.25, 0.3) is 0 Å². The highest BCUT2D eigenvalue weighted by molar-refractivity contribution is 8.14. The van der Waals surface area contributed by atoms with Crippen LogP contribution in [0.4, 0.5) is 11.4 Å². The van der Waals surface area contributed by atoms with Crippen LogP contribution in [0.15, 0.2) is 17.1 Å². The average Bonchev–Trinajstić information content (AvgIpc) is 2.83. The zero-order valence-corrected chi connectivity index (χ0v) is 18.1. The first kappa shape index (κ1) is 22.8. The Labute approximate surface area is 167 Å². The lowest BCUT2D eigenvalue weighted by Gasteiger charge is -2.29. The number of non-ortho nitro benzene ring substituents is 1. The topological polar surface area (TPSA) is 58.7 Å². The fraction of sp³-hybridized carbons (Fsp3) is 0.632. The molecule has 0 bridgehead atoms. The van der Waals surface area contributed by atoms with Crippen molar-refractivity contribution in [2.75, 3.05) is 12.3 Å². The molecule has 1 aromatic rings. The summed E-state index contributed by atoms with van der Waals surface area (Å²) in [5.74, 6) is 2.29. The van der Waals surface area contributed by atoms with Crippen molar-refractivity contribution >= 4 is 40.7 Å². The maximum atomic E-state index is 11.0. The van der Waals surface area contributed by atoms with Crippen LogP contribution >= 0.6 is 24.2 Å². The smallest absolute Gasteiger partial charge is 0.270 e. The fourth-order valence-corrected chi connectivity index (χ4v) is 4.47. The molecule has 1 aliphatic heterocycles. The Morgan fingerprint density at radius 2 is 1.81 bits per heavy atom. The molecule has 146 valence electrons. The molecule has 7 heteroatoms. The summed E-state index contributed by atoms with van der Waals surface area (Å²) in [6.45, 7) is 13.8. The van der Waals surface area contributed by atoms with E-state index >= 15 is 0 Å². The number of halogens is 1. The van der Waals surface area contributed by atoms with Gasteiger partial charge in [0.15, 0.2) is 5.17 Å². The highest BCUT2D eigenvalue weighted by Gasteiger charge is 2.31. The van der Waals surface area contributed by atoms with E-state index in [1.54, 1.807) is 12.1 Å². The number of nitrogens with zero attached hydrogens (tertiary/aromatic N) is 3. The van der Waals surface area contributed by atoms with Crippen molar-refractivity contribution in [3.63, 3.8) is 0 Å². The first-order valence-corrected chi connectivity index (χ1v) is 9.91. The van der Waals surface area contributed by atoms with Crippen LogP contribution in [0, 0.1) is 35.8 Å². The number of amidine groups is 1. The molecule has 0 aliphatic carbocycles. The molecule has 0 aromatic heterocycles. The second kappa shape index (κ2) is 9.60. The number of benzene rings is 1. The summed E-state index contributed by atoms with van der Waals surface area (Å²) in [4.78, 5) is 18.1. The maximum absolute atomic E-state index is 11.0. The first-order chi connectivity index (χ1) is 11.7. The predicted molar refractivity (Wildman–Crippen MR) is 114 cm³/mol. The summed E-state index contributed by atoms with van der Waals surface area (Å²) in [5.41, 5.74) is 2.72. The monoisotopic (exact) mass is 399 g/mol. The van der Waals surface area contributed by atoms with Crippen molar-refractivity contribution in [3.05, 3.63) is 33.4 Å². The fourth-order valence-electron chi connectivity index (χ4n) is 3.27. The molecule has 1 aliphatic rings. The second-order valence-electron chi connectivity index (χ2n) is 7.72. The number of rotatable bonds is 6. The molecule has 0 N–H and O–H groups in total. The van der Waals surface area contributed by atoms with Gasteiger partial charge >= 0.3 is 0 Å². The zero-order valence-electron chi connectivity index (χ0n) is 16.5. The second-order valence-corrected chi connectivity index (χ2v) is 8.71. The van der Waals surface area contributed by atoms with Gasteiger partial charge in [-0.25, -0.2) is 4.99 Å². The number of hydrogen-bond donors (Lipinski definition) is 0. The Balaban J connectivity index is 0.00000338. The van der Waals surface area contributed by atoms with E-state index in [9.17, 15) is 10.1 Å². The number of aryl methyl sites for hydroxylation is 2. The lowest BCUT2D eigenvalue weighted by Crippen LogP contribution is -2.37. The highest BCUT2D eigenvalue weighted by atomic mass is 35.5. The lowest BCUT2D eigenvalue weighted by atomic mass is 10.0. The van der Waals surface area contributed by atoms with Gasteiger partial charge in [-0.3, -0.25) is 10.1 Å². The standard InChI is InChI=1S/C19H29N3O2S.ClH/c1-12(2)7-17-11-25-19(21(17)10-13(3)4)20-18-14(5)8-16(22(23)24)9-15(18)6;/h8-9,12-13,17H,7,10-11H2,1-6H3;1H. The van der Waals surface area contributed by atoms with Gasteiger partial charge in [-0.2, -0.15) is 0 Å². The van der Waals surface area contributed by atoms with Crippen molar-refractivity contribution in [1.29, 1.82) is 0 Å². The van der Waals surface area contributed by atoms with E-state index in [1.807, 2.05) is 25.6 Å². The first-order valence-electron chi connectivity index (χ1n) is 8.92. The number of hydrogen-bond acceptors (Lipinski definition) is 4. The zero-order chi connectivity index (χ0) is 18.7. The SMILES string of the molecule is Cc1cc([N+](=O)[O-])cc(C)c1N=C1SCC(CC(C)C)N1CC(C)C.Cl. The van der Waals surface area contributed by atoms with Gasteiger partial charge < -0.3 is 4.90 Å². The highest BCUT2D eigenvalue weighted by Crippen LogP contribution is 2.34. The van der Waals surface area contributed by atoms with E-state index in [-0.39, 0.29) is 23.0 Å². The van der Waals surface area contributed by atoms with Crippen molar-refractivity contribution < 1.29 is 4.92 Å². The number of aliphatic imine (C=N–C) groups is 1. The lowest BCUT2D eigenvalue weighted by molar-refractivity contribution is -0.384. The Morgan fingerprint density at radius 3 is 2.27 bits per heavy atom. The van der Waals surface area contributed by atoms with E-state index < -0.39 is 0 Å². The summed E-state index contributed by atoms with van der Waals surface area (Å²) in [6, 6.07) is 3.75. The molecule has 0 spiro atoms. The normalized spacial score (nSPS) is 18.7. The molecule has 1 aromatic carbocycles. The van der Waals surface area contributed by atoms with E-state index in [1.165, 1.54) is 0 Å². The van der Waals surface area contributed by atoms with E-state index in [4.69, 9.17) is 4.99 Å². The Morgan fingerprint density at radius 1 is 1.23 bits per heavy atom. The van der Waals surface area contributed by atoms with Crippen LogP contribution in [0.3, 0.4) is 0 Å². The quantitative estimate of drug-likeness (QED) is 0.452. The summed E-state index contributed by atoms with van der Waals surface area (Å²) in [5, 5.41) is 12.1. The Hall–Kier alpha value is -1.27. The molecule has 1 unspecified atom stereocenters. The number of nitro groups is 1. The molecule has 2 rings (SSSR count). The van der Waals surface area contributed by atoms with Gasteiger partial charge in [0, 0.05) is 30.5 Å². The molecular weight excluding hydrogens is 370 g/mol. The minimum atomic E-state index is -0.342. The van der Waals surface area contributed by atoms with Gasteiger partial charge in [0.05, 0.1) is 10.6 Å². The van der Waals surface area contributed by atoms with Gasteiger partial charge in [0.25, 0.3) is 5.69 Å². The van der Waals surface area contributed by atoms with Crippen LogP contribution in [-0.4, -0.2) is 33.3 Å². The molecule has 1 fully saturated rings. The number of nitro benzene ring substituents is 1. The van der Waals surface area contributed by atoms with Crippen molar-refractivity contribution in [3.8, 4) is 0 Å². The van der Waals surface area contributed by atoms with Crippen LogP contribution in [0.2, 0.25) is 0 Å².